The number of rotatable bonds is 2. The Hall–Kier alpha value is 0.0239. The standard InChI is InChI=1S/2C10H15.C5H10O.Y/c2*1-7-6-10(4,5)9(3)8(7)2;1-5-3-2-4-6-5;/h2*1-5H3;5H,2-4H2,1H3;. The molecule has 1 heterocycles. The third kappa shape index (κ3) is 4.31. The van der Waals surface area contributed by atoms with Gasteiger partial charge in [-0.3, -0.25) is 0 Å². The molecule has 0 aromatic heterocycles. The summed E-state index contributed by atoms with van der Waals surface area (Å²) < 4.78 is 8.79. The van der Waals surface area contributed by atoms with E-state index in [1.165, 1.54) is 12.8 Å². The summed E-state index contributed by atoms with van der Waals surface area (Å²) in [5.41, 5.74) is 10.1. The van der Waals surface area contributed by atoms with Crippen molar-refractivity contribution in [3.05, 3.63) is 38.2 Å². The Balaban J connectivity index is 0.000000369. The average Bonchev–Trinajstić information content (AvgIpc) is 3.17. The summed E-state index contributed by atoms with van der Waals surface area (Å²) in [5.74, 6) is 0. The van der Waals surface area contributed by atoms with Crippen molar-refractivity contribution in [1.82, 2.24) is 0 Å². The third-order valence-electron chi connectivity index (χ3n) is 7.73. The molecule has 0 amide bonds. The van der Waals surface area contributed by atoms with Crippen LogP contribution < -0.4 is 0 Å². The maximum absolute atomic E-state index is 5.15. The van der Waals surface area contributed by atoms with Crippen LogP contribution in [0.3, 0.4) is 0 Å². The molecular formula is C25H40OY. The summed E-state index contributed by atoms with van der Waals surface area (Å²) in [4.78, 5) is 0. The Bertz CT molecular complexity index is 678. The molecule has 0 saturated carbocycles. The minimum Gasteiger partial charge on any atom is -0.379 e. The molecule has 3 aliphatic rings. The quantitative estimate of drug-likeness (QED) is 0.426. The van der Waals surface area contributed by atoms with Gasteiger partial charge in [0.25, 0.3) is 0 Å². The Labute approximate surface area is 183 Å². The largest absolute Gasteiger partial charge is 0.379 e. The van der Waals surface area contributed by atoms with Crippen molar-refractivity contribution in [1.29, 1.82) is 0 Å². The molecule has 1 saturated heterocycles. The van der Waals surface area contributed by atoms with Crippen LogP contribution in [0.1, 0.15) is 89.0 Å². The zero-order valence-electron chi connectivity index (χ0n) is 19.7. The van der Waals surface area contributed by atoms with Gasteiger partial charge in [0.15, 0.2) is 0 Å². The zero-order chi connectivity index (χ0) is 20.7. The topological polar surface area (TPSA) is 9.23 Å². The van der Waals surface area contributed by atoms with E-state index in [0.717, 1.165) is 6.61 Å². The van der Waals surface area contributed by atoms with Crippen LogP contribution in [0.4, 0.5) is 0 Å². The first-order valence-corrected chi connectivity index (χ1v) is 13.4. The predicted octanol–water partition coefficient (Wildman–Crippen LogP) is 7.55. The fraction of sp³-hybridized carbons (Fsp3) is 0.680. The minimum atomic E-state index is -0.948. The van der Waals surface area contributed by atoms with Gasteiger partial charge in [0, 0.05) is 6.61 Å². The van der Waals surface area contributed by atoms with Crippen LogP contribution >= 0.6 is 0 Å². The van der Waals surface area contributed by atoms with E-state index in [0.29, 0.717) is 16.9 Å². The van der Waals surface area contributed by atoms with Gasteiger partial charge < -0.3 is 4.74 Å². The van der Waals surface area contributed by atoms with Crippen molar-refractivity contribution in [2.45, 2.75) is 95.1 Å². The summed E-state index contributed by atoms with van der Waals surface area (Å²) in [6.07, 6.45) is 3.08. The molecule has 1 aliphatic heterocycles. The van der Waals surface area contributed by atoms with Gasteiger partial charge in [0.05, 0.1) is 6.10 Å². The second-order valence-corrected chi connectivity index (χ2v) is 13.3. The van der Waals surface area contributed by atoms with Crippen LogP contribution in [0.2, 0.25) is 0 Å². The number of ether oxygens (including phenoxy) is 1. The molecule has 1 atom stereocenters. The molecule has 1 fully saturated rings. The van der Waals surface area contributed by atoms with Crippen molar-refractivity contribution in [3.8, 4) is 0 Å². The van der Waals surface area contributed by atoms with Crippen molar-refractivity contribution in [2.75, 3.05) is 6.61 Å². The molecule has 0 aromatic carbocycles. The van der Waals surface area contributed by atoms with E-state index in [9.17, 15) is 0 Å². The maximum Gasteiger partial charge on any atom is 0.0547 e. The van der Waals surface area contributed by atoms with Gasteiger partial charge in [0.1, 0.15) is 0 Å². The van der Waals surface area contributed by atoms with Crippen molar-refractivity contribution >= 4 is 0 Å². The molecule has 2 aliphatic carbocycles. The molecule has 1 unspecified atom stereocenters. The van der Waals surface area contributed by atoms with Crippen LogP contribution in [-0.4, -0.2) is 12.7 Å². The molecule has 1 nitrogen and oxygen atoms in total. The van der Waals surface area contributed by atoms with Gasteiger partial charge in [-0.1, -0.05) is 0 Å². The van der Waals surface area contributed by atoms with Crippen LogP contribution in [-0.2, 0) is 33.9 Å². The summed E-state index contributed by atoms with van der Waals surface area (Å²) >= 11 is -0.948. The zero-order valence-corrected chi connectivity index (χ0v) is 22.5. The summed E-state index contributed by atoms with van der Waals surface area (Å²) in [7, 11) is 0. The van der Waals surface area contributed by atoms with E-state index in [1.807, 2.05) is 4.77 Å². The monoisotopic (exact) mass is 445 g/mol. The van der Waals surface area contributed by atoms with Gasteiger partial charge in [0.2, 0.25) is 0 Å². The molecule has 27 heavy (non-hydrogen) atoms. The predicted molar refractivity (Wildman–Crippen MR) is 114 cm³/mol. The van der Waals surface area contributed by atoms with Gasteiger partial charge in [-0.25, -0.2) is 0 Å². The minimum absolute atomic E-state index is 0.295. The first-order chi connectivity index (χ1) is 12.3. The molecule has 149 valence electrons. The van der Waals surface area contributed by atoms with Gasteiger partial charge in [-0.15, -0.1) is 0 Å². The average molecular weight is 446 g/mol. The fourth-order valence-corrected chi connectivity index (χ4v) is 10.4. The molecule has 0 N–H and O–H groups in total. The van der Waals surface area contributed by atoms with Crippen molar-refractivity contribution in [3.63, 3.8) is 0 Å². The molecule has 0 radical (unpaired) electrons. The summed E-state index contributed by atoms with van der Waals surface area (Å²) in [6, 6.07) is 0. The van der Waals surface area contributed by atoms with E-state index in [1.54, 1.807) is 33.4 Å². The Morgan fingerprint density at radius 3 is 1.33 bits per heavy atom. The number of allylic oxidation sites excluding steroid dienone is 8. The summed E-state index contributed by atoms with van der Waals surface area (Å²) in [6.45, 7) is 26.9. The van der Waals surface area contributed by atoms with Crippen LogP contribution in [0.25, 0.3) is 0 Å². The molecule has 0 spiro atoms. The SMILES string of the molecule is CC1=C(C)C(C)(C)[C]([Y][C]2=C(C)C(C)=C(C)C2(C)C)=C1C.CC1CCCO1. The number of hydrogen-bond donors (Lipinski definition) is 0. The van der Waals surface area contributed by atoms with E-state index in [4.69, 9.17) is 4.74 Å². The molecule has 3 rings (SSSR count). The van der Waals surface area contributed by atoms with Gasteiger partial charge in [-0.2, -0.15) is 0 Å². The van der Waals surface area contributed by atoms with Crippen LogP contribution in [0.5, 0.6) is 0 Å². The van der Waals surface area contributed by atoms with E-state index in [-0.39, 0.29) is 0 Å². The summed E-state index contributed by atoms with van der Waals surface area (Å²) in [5, 5.41) is 0. The van der Waals surface area contributed by atoms with E-state index in [2.05, 4.69) is 76.2 Å². The third-order valence-corrected chi connectivity index (χ3v) is 14.8. The van der Waals surface area contributed by atoms with Crippen molar-refractivity contribution in [2.24, 2.45) is 10.8 Å². The number of hydrogen-bond acceptors (Lipinski definition) is 1. The molecule has 2 heteroatoms. The molecular weight excluding hydrogens is 405 g/mol. The smallest absolute Gasteiger partial charge is 0.0547 e. The normalized spacial score (nSPS) is 26.7. The van der Waals surface area contributed by atoms with Crippen LogP contribution in [0.15, 0.2) is 38.2 Å². The Kier molecular flexibility index (Phi) is 7.26. The molecule has 0 bridgehead atoms. The Morgan fingerprint density at radius 1 is 0.741 bits per heavy atom. The molecule has 0 aromatic rings. The second-order valence-electron chi connectivity index (χ2n) is 9.80. The maximum atomic E-state index is 5.15. The van der Waals surface area contributed by atoms with Gasteiger partial charge in [-0.05, 0) is 19.8 Å². The fourth-order valence-electron chi connectivity index (χ4n) is 4.71. The first-order valence-electron chi connectivity index (χ1n) is 10.6. The van der Waals surface area contributed by atoms with Crippen LogP contribution in [0, 0.1) is 10.8 Å². The first kappa shape index (κ1) is 23.3. The Morgan fingerprint density at radius 2 is 1.15 bits per heavy atom. The second kappa shape index (κ2) is 8.41. The van der Waals surface area contributed by atoms with Gasteiger partial charge >= 0.3 is 147 Å². The van der Waals surface area contributed by atoms with E-state index >= 15 is 0 Å². The van der Waals surface area contributed by atoms with Crippen molar-refractivity contribution < 1.29 is 33.9 Å². The van der Waals surface area contributed by atoms with E-state index < -0.39 is 29.2 Å².